The largest absolute Gasteiger partial charge is 0.461 e. The van der Waals surface area contributed by atoms with Crippen LogP contribution in [0.1, 0.15) is 30.8 Å². The van der Waals surface area contributed by atoms with E-state index in [1.807, 2.05) is 6.92 Å². The second kappa shape index (κ2) is 9.16. The van der Waals surface area contributed by atoms with E-state index >= 15 is 0 Å². The minimum Gasteiger partial charge on any atom is -0.461 e. The van der Waals surface area contributed by atoms with Crippen molar-refractivity contribution in [3.05, 3.63) is 47.9 Å². The number of aromatic amines is 1. The Labute approximate surface area is 157 Å². The third-order valence-corrected chi connectivity index (χ3v) is 4.24. The fourth-order valence-electron chi connectivity index (χ4n) is 2.99. The van der Waals surface area contributed by atoms with Crippen molar-refractivity contribution in [2.75, 3.05) is 19.7 Å². The van der Waals surface area contributed by atoms with E-state index in [0.717, 1.165) is 0 Å². The zero-order valence-corrected chi connectivity index (χ0v) is 15.5. The summed E-state index contributed by atoms with van der Waals surface area (Å²) in [5.74, 6) is -1.33. The molecule has 2 heterocycles. The molecule has 146 valence electrons. The highest BCUT2D eigenvalue weighted by molar-refractivity contribution is 6.42. The Bertz CT molecular complexity index is 742. The molecule has 0 spiro atoms. The van der Waals surface area contributed by atoms with E-state index in [1.54, 1.807) is 25.3 Å². The maximum absolute atomic E-state index is 14.1. The molecule has 0 fully saturated rings. The molecule has 1 amide bonds. The maximum Gasteiger partial charge on any atom is 0.356 e. The summed E-state index contributed by atoms with van der Waals surface area (Å²) in [6, 6.07) is 3.37. The standard InChI is InChI=1S/C19H25FN4O3/c1-4-7-15(20)23-17-12(3)10-24(18(25)14-8-6-9-22-14)11-13(17)16(21)19(26)27-5-2/h4,6,8-9,12,15,21-23H,1,5,7,10-11H2,2-3H3. The third kappa shape index (κ3) is 4.84. The molecule has 1 aromatic heterocycles. The number of nitrogens with one attached hydrogen (secondary N) is 3. The Balaban J connectivity index is 2.34. The molecule has 2 unspecified atom stereocenters. The van der Waals surface area contributed by atoms with E-state index < -0.39 is 12.3 Å². The van der Waals surface area contributed by atoms with E-state index in [4.69, 9.17) is 10.1 Å². The Kier molecular flexibility index (Phi) is 6.92. The number of ether oxygens (including phenoxy) is 1. The lowest BCUT2D eigenvalue weighted by Crippen LogP contribution is -2.46. The molecule has 0 aliphatic carbocycles. The summed E-state index contributed by atoms with van der Waals surface area (Å²) in [6.45, 7) is 7.45. The molecule has 1 aliphatic heterocycles. The third-order valence-electron chi connectivity index (χ3n) is 4.24. The number of amides is 1. The van der Waals surface area contributed by atoms with Gasteiger partial charge in [0.15, 0.2) is 6.30 Å². The number of alkyl halides is 1. The van der Waals surface area contributed by atoms with Crippen LogP contribution >= 0.6 is 0 Å². The molecule has 2 atom stereocenters. The van der Waals surface area contributed by atoms with Gasteiger partial charge in [-0.2, -0.15) is 0 Å². The van der Waals surface area contributed by atoms with Gasteiger partial charge >= 0.3 is 5.97 Å². The number of aromatic nitrogens is 1. The van der Waals surface area contributed by atoms with Crippen molar-refractivity contribution in [1.82, 2.24) is 15.2 Å². The topological polar surface area (TPSA) is 98.3 Å². The predicted molar refractivity (Wildman–Crippen MR) is 100 cm³/mol. The van der Waals surface area contributed by atoms with Gasteiger partial charge in [-0.25, -0.2) is 9.18 Å². The molecule has 3 N–H and O–H groups in total. The zero-order valence-electron chi connectivity index (χ0n) is 15.5. The minimum atomic E-state index is -1.39. The second-order valence-electron chi connectivity index (χ2n) is 6.29. The van der Waals surface area contributed by atoms with Gasteiger partial charge in [0.1, 0.15) is 11.4 Å². The quantitative estimate of drug-likeness (QED) is 0.281. The van der Waals surface area contributed by atoms with Gasteiger partial charge in [0.25, 0.3) is 5.91 Å². The highest BCUT2D eigenvalue weighted by atomic mass is 19.1. The molecule has 8 heteroatoms. The van der Waals surface area contributed by atoms with E-state index in [0.29, 0.717) is 17.9 Å². The van der Waals surface area contributed by atoms with E-state index in [1.165, 1.54) is 11.0 Å². The van der Waals surface area contributed by atoms with Gasteiger partial charge < -0.3 is 19.9 Å². The Morgan fingerprint density at radius 1 is 1.59 bits per heavy atom. The van der Waals surface area contributed by atoms with Crippen LogP contribution in [0.4, 0.5) is 4.39 Å². The minimum absolute atomic E-state index is 0.0168. The normalized spacial score (nSPS) is 18.0. The molecular weight excluding hydrogens is 351 g/mol. The number of hydrogen-bond donors (Lipinski definition) is 3. The number of carbonyl (C=O) groups is 2. The van der Waals surface area contributed by atoms with Gasteiger partial charge in [-0.3, -0.25) is 10.2 Å². The molecule has 0 saturated carbocycles. The number of halogens is 1. The van der Waals surface area contributed by atoms with E-state index in [2.05, 4.69) is 16.9 Å². The zero-order chi connectivity index (χ0) is 20.0. The molecule has 0 aromatic carbocycles. The highest BCUT2D eigenvalue weighted by Crippen LogP contribution is 2.25. The smallest absolute Gasteiger partial charge is 0.356 e. The van der Waals surface area contributed by atoms with Crippen LogP contribution < -0.4 is 5.32 Å². The lowest BCUT2D eigenvalue weighted by molar-refractivity contribution is -0.135. The van der Waals surface area contributed by atoms with Crippen LogP contribution in [0.5, 0.6) is 0 Å². The van der Waals surface area contributed by atoms with Crippen LogP contribution in [-0.4, -0.2) is 53.5 Å². The van der Waals surface area contributed by atoms with Gasteiger partial charge in [0, 0.05) is 36.4 Å². The lowest BCUT2D eigenvalue weighted by atomic mass is 9.93. The first-order valence-corrected chi connectivity index (χ1v) is 8.82. The first-order valence-electron chi connectivity index (χ1n) is 8.82. The van der Waals surface area contributed by atoms with Crippen molar-refractivity contribution < 1.29 is 18.7 Å². The van der Waals surface area contributed by atoms with Crippen LogP contribution in [0.3, 0.4) is 0 Å². The van der Waals surface area contributed by atoms with E-state index in [9.17, 15) is 14.0 Å². The first kappa shape index (κ1) is 20.4. The summed E-state index contributed by atoms with van der Waals surface area (Å²) in [6.07, 6.45) is 1.79. The fourth-order valence-corrected chi connectivity index (χ4v) is 2.99. The maximum atomic E-state index is 14.1. The SMILES string of the molecule is C=CCC(F)NC1=C(C(=N)C(=O)OCC)CN(C(=O)c2ccc[nH]2)CC1C. The molecule has 27 heavy (non-hydrogen) atoms. The van der Waals surface area contributed by atoms with Crippen molar-refractivity contribution in [1.29, 1.82) is 5.41 Å². The van der Waals surface area contributed by atoms with Crippen LogP contribution in [0.15, 0.2) is 42.3 Å². The first-order chi connectivity index (χ1) is 12.9. The number of rotatable bonds is 8. The molecule has 2 rings (SSSR count). The predicted octanol–water partition coefficient (Wildman–Crippen LogP) is 2.40. The fraction of sp³-hybridized carbons (Fsp3) is 0.421. The average molecular weight is 376 g/mol. The van der Waals surface area contributed by atoms with Crippen molar-refractivity contribution in [3.8, 4) is 0 Å². The van der Waals surface area contributed by atoms with Crippen LogP contribution in [0.2, 0.25) is 0 Å². The van der Waals surface area contributed by atoms with Crippen molar-refractivity contribution >= 4 is 17.6 Å². The molecule has 7 nitrogen and oxygen atoms in total. The summed E-state index contributed by atoms with van der Waals surface area (Å²) < 4.78 is 19.1. The molecule has 1 aromatic rings. The Morgan fingerprint density at radius 3 is 2.93 bits per heavy atom. The second-order valence-corrected chi connectivity index (χ2v) is 6.29. The summed E-state index contributed by atoms with van der Waals surface area (Å²) in [4.78, 5) is 29.2. The van der Waals surface area contributed by atoms with Crippen molar-refractivity contribution in [2.24, 2.45) is 5.92 Å². The summed E-state index contributed by atoms with van der Waals surface area (Å²) in [7, 11) is 0. The molecular formula is C19H25FN4O3. The van der Waals surface area contributed by atoms with Crippen LogP contribution in [0.25, 0.3) is 0 Å². The molecule has 0 radical (unpaired) electrons. The summed E-state index contributed by atoms with van der Waals surface area (Å²) in [5, 5.41) is 10.9. The van der Waals surface area contributed by atoms with Crippen LogP contribution in [-0.2, 0) is 9.53 Å². The Morgan fingerprint density at radius 2 is 2.33 bits per heavy atom. The summed E-state index contributed by atoms with van der Waals surface area (Å²) in [5.41, 5.74) is 0.744. The molecule has 0 bridgehead atoms. The highest BCUT2D eigenvalue weighted by Gasteiger charge is 2.33. The average Bonchev–Trinajstić information content (AvgIpc) is 3.17. The van der Waals surface area contributed by atoms with E-state index in [-0.39, 0.29) is 42.7 Å². The number of carbonyl (C=O) groups excluding carboxylic acids is 2. The molecule has 0 saturated heterocycles. The van der Waals surface area contributed by atoms with Gasteiger partial charge in [0.05, 0.1) is 13.2 Å². The number of hydrogen-bond acceptors (Lipinski definition) is 5. The summed E-state index contributed by atoms with van der Waals surface area (Å²) >= 11 is 0. The number of H-pyrrole nitrogens is 1. The van der Waals surface area contributed by atoms with Gasteiger partial charge in [-0.1, -0.05) is 13.0 Å². The van der Waals surface area contributed by atoms with Crippen molar-refractivity contribution in [3.63, 3.8) is 0 Å². The lowest BCUT2D eigenvalue weighted by Gasteiger charge is -2.35. The van der Waals surface area contributed by atoms with Crippen molar-refractivity contribution in [2.45, 2.75) is 26.6 Å². The number of nitrogens with zero attached hydrogens (tertiary/aromatic N) is 1. The molecule has 1 aliphatic rings. The van der Waals surface area contributed by atoms with Gasteiger partial charge in [-0.15, -0.1) is 6.58 Å². The monoisotopic (exact) mass is 376 g/mol. The Hall–Kier alpha value is -2.90. The van der Waals surface area contributed by atoms with Crippen LogP contribution in [0, 0.1) is 11.3 Å². The number of esters is 1. The van der Waals surface area contributed by atoms with Gasteiger partial charge in [-0.05, 0) is 19.1 Å². The van der Waals surface area contributed by atoms with Gasteiger partial charge in [0.2, 0.25) is 0 Å².